The van der Waals surface area contributed by atoms with Crippen molar-refractivity contribution in [2.75, 3.05) is 5.32 Å². The Bertz CT molecular complexity index is 569. The van der Waals surface area contributed by atoms with Gasteiger partial charge in [-0.1, -0.05) is 11.6 Å². The molecule has 1 amide bonds. The Kier molecular flexibility index (Phi) is 3.06. The van der Waals surface area contributed by atoms with Gasteiger partial charge in [-0.25, -0.2) is 4.39 Å². The SMILES string of the molecule is Cc1nc(NC(=O)c2ccc(F)c(Cl)c2)n[nH]1. The Labute approximate surface area is 101 Å². The lowest BCUT2D eigenvalue weighted by Gasteiger charge is -2.01. The molecule has 2 aromatic rings. The monoisotopic (exact) mass is 254 g/mol. The number of carbonyl (C=O) groups excluding carboxylic acids is 1. The highest BCUT2D eigenvalue weighted by Gasteiger charge is 2.10. The van der Waals surface area contributed by atoms with Gasteiger partial charge in [-0.3, -0.25) is 15.2 Å². The van der Waals surface area contributed by atoms with Crippen LogP contribution in [0.25, 0.3) is 0 Å². The number of amides is 1. The van der Waals surface area contributed by atoms with E-state index in [9.17, 15) is 9.18 Å². The largest absolute Gasteiger partial charge is 0.289 e. The van der Waals surface area contributed by atoms with Crippen molar-refractivity contribution in [1.82, 2.24) is 15.2 Å². The zero-order chi connectivity index (χ0) is 12.4. The van der Waals surface area contributed by atoms with Gasteiger partial charge >= 0.3 is 0 Å². The second-order valence-electron chi connectivity index (χ2n) is 3.33. The Balaban J connectivity index is 2.17. The number of hydrogen-bond acceptors (Lipinski definition) is 3. The molecule has 2 N–H and O–H groups in total. The Morgan fingerprint density at radius 2 is 2.29 bits per heavy atom. The number of halogens is 2. The molecule has 0 aliphatic rings. The lowest BCUT2D eigenvalue weighted by molar-refractivity contribution is 0.102. The smallest absolute Gasteiger partial charge is 0.258 e. The lowest BCUT2D eigenvalue weighted by atomic mass is 10.2. The van der Waals surface area contributed by atoms with Crippen molar-refractivity contribution in [3.63, 3.8) is 0 Å². The van der Waals surface area contributed by atoms with Gasteiger partial charge in [-0.05, 0) is 25.1 Å². The molecule has 0 spiro atoms. The summed E-state index contributed by atoms with van der Waals surface area (Å²) in [6.07, 6.45) is 0. The highest BCUT2D eigenvalue weighted by Crippen LogP contribution is 2.16. The normalized spacial score (nSPS) is 10.3. The first-order chi connectivity index (χ1) is 8.06. The predicted molar refractivity (Wildman–Crippen MR) is 60.5 cm³/mol. The molecule has 0 fully saturated rings. The summed E-state index contributed by atoms with van der Waals surface area (Å²) in [6.45, 7) is 1.71. The van der Waals surface area contributed by atoms with Crippen molar-refractivity contribution < 1.29 is 9.18 Å². The van der Waals surface area contributed by atoms with Gasteiger partial charge in [0.15, 0.2) is 0 Å². The van der Waals surface area contributed by atoms with E-state index >= 15 is 0 Å². The zero-order valence-electron chi connectivity index (χ0n) is 8.79. The molecule has 0 aliphatic heterocycles. The molecule has 0 saturated carbocycles. The summed E-state index contributed by atoms with van der Waals surface area (Å²) in [5.74, 6) is -0.284. The van der Waals surface area contributed by atoms with Crippen LogP contribution in [0.15, 0.2) is 18.2 Å². The number of nitrogens with zero attached hydrogens (tertiary/aromatic N) is 2. The first kappa shape index (κ1) is 11.5. The van der Waals surface area contributed by atoms with Crippen molar-refractivity contribution in [2.45, 2.75) is 6.92 Å². The third kappa shape index (κ3) is 2.59. The van der Waals surface area contributed by atoms with Crippen LogP contribution in [0.4, 0.5) is 10.3 Å². The maximum atomic E-state index is 12.9. The first-order valence-corrected chi connectivity index (χ1v) is 5.09. The topological polar surface area (TPSA) is 70.7 Å². The fourth-order valence-corrected chi connectivity index (χ4v) is 1.39. The molecule has 0 atom stereocenters. The minimum absolute atomic E-state index is 0.108. The van der Waals surface area contributed by atoms with E-state index in [4.69, 9.17) is 11.6 Å². The van der Waals surface area contributed by atoms with Gasteiger partial charge in [-0.15, -0.1) is 5.10 Å². The van der Waals surface area contributed by atoms with Crippen LogP contribution in [0.5, 0.6) is 0 Å². The van der Waals surface area contributed by atoms with Crippen molar-refractivity contribution in [3.05, 3.63) is 40.4 Å². The average molecular weight is 255 g/mol. The van der Waals surface area contributed by atoms with Crippen LogP contribution in [0.3, 0.4) is 0 Å². The highest BCUT2D eigenvalue weighted by molar-refractivity contribution is 6.31. The zero-order valence-corrected chi connectivity index (χ0v) is 9.55. The summed E-state index contributed by atoms with van der Waals surface area (Å²) in [5.41, 5.74) is 0.235. The van der Waals surface area contributed by atoms with Crippen LogP contribution in [0.1, 0.15) is 16.2 Å². The fourth-order valence-electron chi connectivity index (χ4n) is 1.21. The number of hydrogen-bond donors (Lipinski definition) is 2. The van der Waals surface area contributed by atoms with Gasteiger partial charge < -0.3 is 0 Å². The fraction of sp³-hybridized carbons (Fsp3) is 0.100. The number of rotatable bonds is 2. The number of aryl methyl sites for hydroxylation is 1. The molecule has 0 saturated heterocycles. The summed E-state index contributed by atoms with van der Waals surface area (Å²) in [5, 5.41) is 8.67. The summed E-state index contributed by atoms with van der Waals surface area (Å²) in [4.78, 5) is 15.6. The molecule has 7 heteroatoms. The van der Waals surface area contributed by atoms with Crippen molar-refractivity contribution >= 4 is 23.5 Å². The summed E-state index contributed by atoms with van der Waals surface area (Å²) >= 11 is 5.57. The lowest BCUT2D eigenvalue weighted by Crippen LogP contribution is -2.13. The third-order valence-corrected chi connectivity index (χ3v) is 2.29. The van der Waals surface area contributed by atoms with Gasteiger partial charge in [0.1, 0.15) is 11.6 Å². The number of carbonyl (C=O) groups is 1. The molecule has 88 valence electrons. The van der Waals surface area contributed by atoms with E-state index in [0.29, 0.717) is 5.82 Å². The second kappa shape index (κ2) is 4.50. The van der Waals surface area contributed by atoms with Crippen LogP contribution in [0.2, 0.25) is 5.02 Å². The molecular weight excluding hydrogens is 247 g/mol. The number of aromatic nitrogens is 3. The maximum absolute atomic E-state index is 12.9. The number of nitrogens with one attached hydrogen (secondary N) is 2. The standard InChI is InChI=1S/C10H8ClFN4O/c1-5-13-10(16-15-5)14-9(17)6-2-3-8(12)7(11)4-6/h2-4H,1H3,(H2,13,14,15,16,17). The van der Waals surface area contributed by atoms with E-state index in [-0.39, 0.29) is 16.5 Å². The molecule has 5 nitrogen and oxygen atoms in total. The quantitative estimate of drug-likeness (QED) is 0.863. The number of benzene rings is 1. The molecule has 1 aromatic heterocycles. The molecule has 1 heterocycles. The van der Waals surface area contributed by atoms with Crippen molar-refractivity contribution in [2.24, 2.45) is 0 Å². The third-order valence-electron chi connectivity index (χ3n) is 2.00. The molecule has 0 unspecified atom stereocenters. The maximum Gasteiger partial charge on any atom is 0.258 e. The Hall–Kier alpha value is -1.95. The molecular formula is C10H8ClFN4O. The van der Waals surface area contributed by atoms with E-state index in [1.807, 2.05) is 0 Å². The second-order valence-corrected chi connectivity index (χ2v) is 3.73. The number of anilines is 1. The van der Waals surface area contributed by atoms with E-state index < -0.39 is 11.7 Å². The molecule has 17 heavy (non-hydrogen) atoms. The van der Waals surface area contributed by atoms with E-state index in [1.54, 1.807) is 6.92 Å². The first-order valence-electron chi connectivity index (χ1n) is 4.71. The molecule has 1 aromatic carbocycles. The van der Waals surface area contributed by atoms with Gasteiger partial charge in [0.2, 0.25) is 5.95 Å². The number of aromatic amines is 1. The highest BCUT2D eigenvalue weighted by atomic mass is 35.5. The van der Waals surface area contributed by atoms with Gasteiger partial charge in [0, 0.05) is 5.56 Å². The van der Waals surface area contributed by atoms with Crippen molar-refractivity contribution in [3.8, 4) is 0 Å². The Morgan fingerprint density at radius 3 is 2.88 bits per heavy atom. The molecule has 2 rings (SSSR count). The van der Waals surface area contributed by atoms with Crippen LogP contribution < -0.4 is 5.32 Å². The average Bonchev–Trinajstić information content (AvgIpc) is 2.68. The summed E-state index contributed by atoms with van der Waals surface area (Å²) in [6, 6.07) is 3.70. The van der Waals surface area contributed by atoms with Crippen LogP contribution in [0, 0.1) is 12.7 Å². The van der Waals surface area contributed by atoms with E-state index in [0.717, 1.165) is 6.07 Å². The minimum Gasteiger partial charge on any atom is -0.289 e. The number of H-pyrrole nitrogens is 1. The van der Waals surface area contributed by atoms with Crippen LogP contribution in [-0.2, 0) is 0 Å². The van der Waals surface area contributed by atoms with Crippen LogP contribution in [-0.4, -0.2) is 21.1 Å². The molecule has 0 radical (unpaired) electrons. The molecule has 0 bridgehead atoms. The predicted octanol–water partition coefficient (Wildman–Crippen LogP) is 2.16. The minimum atomic E-state index is -0.572. The van der Waals surface area contributed by atoms with E-state index in [1.165, 1.54) is 12.1 Å². The van der Waals surface area contributed by atoms with Crippen molar-refractivity contribution in [1.29, 1.82) is 0 Å². The van der Waals surface area contributed by atoms with E-state index in [2.05, 4.69) is 20.5 Å². The van der Waals surface area contributed by atoms with Gasteiger partial charge in [0.05, 0.1) is 5.02 Å². The van der Waals surface area contributed by atoms with Crippen LogP contribution >= 0.6 is 11.6 Å². The van der Waals surface area contributed by atoms with Gasteiger partial charge in [-0.2, -0.15) is 4.98 Å². The molecule has 0 aliphatic carbocycles. The summed E-state index contributed by atoms with van der Waals surface area (Å²) < 4.78 is 12.9. The summed E-state index contributed by atoms with van der Waals surface area (Å²) in [7, 11) is 0. The Morgan fingerprint density at radius 1 is 1.53 bits per heavy atom. The van der Waals surface area contributed by atoms with Gasteiger partial charge in [0.25, 0.3) is 5.91 Å².